The van der Waals surface area contributed by atoms with Crippen LogP contribution in [0.3, 0.4) is 0 Å². The normalized spacial score (nSPS) is 10.8. The smallest absolute Gasteiger partial charge is 0.0713 e. The first kappa shape index (κ1) is 23.0. The summed E-state index contributed by atoms with van der Waals surface area (Å²) in [6.45, 7) is 15.9. The van der Waals surface area contributed by atoms with Crippen LogP contribution >= 0.6 is 11.6 Å². The average molecular weight is 284 g/mol. The van der Waals surface area contributed by atoms with E-state index in [2.05, 4.69) is 4.98 Å². The number of pyridine rings is 1. The molecule has 1 nitrogen and oxygen atoms in total. The van der Waals surface area contributed by atoms with Crippen LogP contribution in [0.4, 0.5) is 0 Å². The van der Waals surface area contributed by atoms with Crippen molar-refractivity contribution < 1.29 is 0 Å². The van der Waals surface area contributed by atoms with Crippen LogP contribution in [0.5, 0.6) is 0 Å². The first-order chi connectivity index (χ1) is 9.29. The van der Waals surface area contributed by atoms with Crippen molar-refractivity contribution in [3.05, 3.63) is 40.0 Å². The maximum absolute atomic E-state index is 5.99. The lowest BCUT2D eigenvalue weighted by atomic mass is 10.3. The molecule has 0 amide bonds. The van der Waals surface area contributed by atoms with E-state index in [1.54, 1.807) is 12.3 Å². The molecule has 0 unspecified atom stereocenters. The monoisotopic (exact) mass is 283 g/mol. The Morgan fingerprint density at radius 3 is 1.95 bits per heavy atom. The number of allylic oxidation sites excluding steroid dienone is 2. The number of hydrogen-bond donors (Lipinski definition) is 0. The van der Waals surface area contributed by atoms with Crippen molar-refractivity contribution in [1.82, 2.24) is 4.98 Å². The van der Waals surface area contributed by atoms with Gasteiger partial charge in [-0.05, 0) is 26.0 Å². The summed E-state index contributed by atoms with van der Waals surface area (Å²) in [6.07, 6.45) is 9.53. The molecule has 0 aromatic carbocycles. The fourth-order valence-electron chi connectivity index (χ4n) is 1.07. The first-order valence-electron chi connectivity index (χ1n) is 7.19. The Hall–Kier alpha value is -1.08. The predicted octanol–water partition coefficient (Wildman–Crippen LogP) is 4.97. The van der Waals surface area contributed by atoms with Crippen molar-refractivity contribution in [2.45, 2.75) is 55.4 Å². The van der Waals surface area contributed by atoms with Gasteiger partial charge in [-0.15, -0.1) is 0 Å². The van der Waals surface area contributed by atoms with E-state index < -0.39 is 0 Å². The molecular formula is C17H30ClN. The number of rotatable bonds is 1. The summed E-state index contributed by atoms with van der Waals surface area (Å²) in [4.78, 5) is 4.23. The van der Waals surface area contributed by atoms with Crippen molar-refractivity contribution in [2.75, 3.05) is 0 Å². The summed E-state index contributed by atoms with van der Waals surface area (Å²) in [5, 5.41) is 2.64. The Morgan fingerprint density at radius 1 is 1.00 bits per heavy atom. The maximum atomic E-state index is 5.99. The molecule has 0 N–H and O–H groups in total. The predicted molar refractivity (Wildman–Crippen MR) is 92.0 cm³/mol. The van der Waals surface area contributed by atoms with Crippen LogP contribution in [-0.2, 0) is 0 Å². The largest absolute Gasteiger partial charge is 0.256 e. The quantitative estimate of drug-likeness (QED) is 0.709. The van der Waals surface area contributed by atoms with E-state index in [9.17, 15) is 0 Å². The molecule has 0 aliphatic rings. The van der Waals surface area contributed by atoms with Crippen LogP contribution in [0.2, 0.25) is 5.02 Å². The van der Waals surface area contributed by atoms with Gasteiger partial charge in [-0.1, -0.05) is 71.4 Å². The number of aromatic nitrogens is 1. The summed E-state index contributed by atoms with van der Waals surface area (Å²) in [5.74, 6) is 0. The zero-order valence-electron chi connectivity index (χ0n) is 13.8. The highest BCUT2D eigenvalue weighted by molar-refractivity contribution is 6.30. The molecule has 0 saturated heterocycles. The molecule has 2 heteroatoms. The minimum absolute atomic E-state index is 0.744. The van der Waals surface area contributed by atoms with E-state index in [4.69, 9.17) is 11.6 Å². The third-order valence-corrected chi connectivity index (χ3v) is 2.03. The van der Waals surface area contributed by atoms with E-state index >= 15 is 0 Å². The van der Waals surface area contributed by atoms with E-state index in [0.29, 0.717) is 0 Å². The minimum Gasteiger partial charge on any atom is -0.256 e. The summed E-state index contributed by atoms with van der Waals surface area (Å²) in [6, 6.07) is 1.80. The van der Waals surface area contributed by atoms with Crippen LogP contribution in [0.15, 0.2) is 24.4 Å². The van der Waals surface area contributed by atoms with Crippen molar-refractivity contribution in [3.8, 4) is 0 Å². The standard InChI is InChI=1S/C11H12ClN.3C2H6/c1-3-5-6-11-9(4-2)10(12)7-8-13-11;3*1-2/h3-8H,1-2H3;3*1-2H3/b5-3-,9-4-,11-6+;;;. The highest BCUT2D eigenvalue weighted by atomic mass is 35.5. The van der Waals surface area contributed by atoms with E-state index in [1.807, 2.05) is 79.7 Å². The summed E-state index contributed by atoms with van der Waals surface area (Å²) in [5.41, 5.74) is 0. The van der Waals surface area contributed by atoms with E-state index in [0.717, 1.165) is 15.6 Å². The summed E-state index contributed by atoms with van der Waals surface area (Å²) >= 11 is 5.99. The molecule has 0 fully saturated rings. The maximum Gasteiger partial charge on any atom is 0.0713 e. The molecule has 0 spiro atoms. The lowest BCUT2D eigenvalue weighted by molar-refractivity contribution is 1.22. The zero-order chi connectivity index (χ0) is 15.7. The number of halogens is 1. The SMILES string of the molecule is CC.CC.CC.C\C=C/C=c1/nccc(Cl)/c1=C/C. The molecule has 1 aromatic heterocycles. The van der Waals surface area contributed by atoms with Gasteiger partial charge in [0.25, 0.3) is 0 Å². The molecule has 0 saturated carbocycles. The van der Waals surface area contributed by atoms with Crippen LogP contribution in [0.1, 0.15) is 55.4 Å². The molecule has 19 heavy (non-hydrogen) atoms. The highest BCUT2D eigenvalue weighted by Gasteiger charge is 1.90. The van der Waals surface area contributed by atoms with Gasteiger partial charge in [0.05, 0.1) is 10.4 Å². The molecule has 110 valence electrons. The van der Waals surface area contributed by atoms with E-state index in [1.165, 1.54) is 0 Å². The van der Waals surface area contributed by atoms with Gasteiger partial charge < -0.3 is 0 Å². The topological polar surface area (TPSA) is 12.9 Å². The van der Waals surface area contributed by atoms with Crippen LogP contribution in [0, 0.1) is 0 Å². The molecule has 1 aromatic rings. The lowest BCUT2D eigenvalue weighted by Gasteiger charge is -1.91. The Morgan fingerprint density at radius 2 is 1.53 bits per heavy atom. The fourth-order valence-corrected chi connectivity index (χ4v) is 1.33. The lowest BCUT2D eigenvalue weighted by Crippen LogP contribution is -2.28. The molecule has 1 rings (SSSR count). The Kier molecular flexibility index (Phi) is 23.4. The van der Waals surface area contributed by atoms with Crippen LogP contribution < -0.4 is 10.6 Å². The van der Waals surface area contributed by atoms with Gasteiger partial charge in [-0.2, -0.15) is 0 Å². The summed E-state index contributed by atoms with van der Waals surface area (Å²) < 4.78 is 0. The van der Waals surface area contributed by atoms with Crippen molar-refractivity contribution in [1.29, 1.82) is 0 Å². The summed E-state index contributed by atoms with van der Waals surface area (Å²) in [7, 11) is 0. The molecule has 0 radical (unpaired) electrons. The van der Waals surface area contributed by atoms with Gasteiger partial charge in [0.1, 0.15) is 0 Å². The van der Waals surface area contributed by atoms with Gasteiger partial charge in [0.15, 0.2) is 0 Å². The Labute approximate surface area is 124 Å². The third kappa shape index (κ3) is 10.5. The molecule has 1 heterocycles. The first-order valence-corrected chi connectivity index (χ1v) is 7.57. The second-order valence-corrected chi connectivity index (χ2v) is 2.98. The van der Waals surface area contributed by atoms with Crippen LogP contribution in [-0.4, -0.2) is 4.98 Å². The zero-order valence-corrected chi connectivity index (χ0v) is 14.5. The van der Waals surface area contributed by atoms with Gasteiger partial charge in [-0.25, -0.2) is 0 Å². The van der Waals surface area contributed by atoms with Gasteiger partial charge in [0.2, 0.25) is 0 Å². The van der Waals surface area contributed by atoms with Crippen molar-refractivity contribution in [3.63, 3.8) is 0 Å². The molecule has 0 bridgehead atoms. The van der Waals surface area contributed by atoms with Crippen molar-refractivity contribution in [2.24, 2.45) is 0 Å². The molecule has 0 aliphatic carbocycles. The Balaban J connectivity index is -0.000000375. The Bertz CT molecular complexity index is 419. The fraction of sp³-hybridized carbons (Fsp3) is 0.471. The highest BCUT2D eigenvalue weighted by Crippen LogP contribution is 1.94. The second kappa shape index (κ2) is 19.3. The van der Waals surface area contributed by atoms with Gasteiger partial charge in [-0.3, -0.25) is 4.98 Å². The second-order valence-electron chi connectivity index (χ2n) is 2.57. The molecule has 0 atom stereocenters. The average Bonchev–Trinajstić information content (AvgIpc) is 2.51. The van der Waals surface area contributed by atoms with E-state index in [-0.39, 0.29) is 0 Å². The van der Waals surface area contributed by atoms with Crippen LogP contribution in [0.25, 0.3) is 12.2 Å². The van der Waals surface area contributed by atoms with Gasteiger partial charge in [0, 0.05) is 11.4 Å². The third-order valence-electron chi connectivity index (χ3n) is 1.70. The molecular weight excluding hydrogens is 254 g/mol. The van der Waals surface area contributed by atoms with Crippen molar-refractivity contribution >= 4 is 23.8 Å². The minimum atomic E-state index is 0.744. The number of nitrogens with zero attached hydrogens (tertiary/aromatic N) is 1. The van der Waals surface area contributed by atoms with Gasteiger partial charge >= 0.3 is 0 Å². The number of hydrogen-bond acceptors (Lipinski definition) is 1. The molecule has 0 aliphatic heterocycles.